The van der Waals surface area contributed by atoms with Crippen molar-refractivity contribution in [3.05, 3.63) is 67.9 Å². The SMILES string of the molecule is COc1cc(OC)c2c(c1Cl)O[C@@]1(C(=O)C3=C(C[C@H]1C)NC(=O)C[C@@H]3c1cccc([N+](=O)[O-])c1)C2=O. The number of methoxy groups -OCH3 is 2. The van der Waals surface area contributed by atoms with E-state index >= 15 is 0 Å². The zero-order chi connectivity index (χ0) is 25.9. The molecule has 11 heteroatoms. The van der Waals surface area contributed by atoms with E-state index in [-0.39, 0.29) is 57.8 Å². The van der Waals surface area contributed by atoms with Crippen molar-refractivity contribution in [1.82, 2.24) is 5.32 Å². The number of rotatable bonds is 4. The second kappa shape index (κ2) is 8.34. The molecule has 186 valence electrons. The Labute approximate surface area is 210 Å². The van der Waals surface area contributed by atoms with Crippen LogP contribution in [0.2, 0.25) is 5.02 Å². The normalized spacial score (nSPS) is 24.7. The Kier molecular flexibility index (Phi) is 5.51. The van der Waals surface area contributed by atoms with Gasteiger partial charge in [0.1, 0.15) is 22.1 Å². The van der Waals surface area contributed by atoms with Gasteiger partial charge in [0.05, 0.1) is 19.1 Å². The van der Waals surface area contributed by atoms with Gasteiger partial charge in [-0.1, -0.05) is 30.7 Å². The molecular formula is C25H21ClN2O8. The number of nitrogens with zero attached hydrogens (tertiary/aromatic N) is 1. The lowest BCUT2D eigenvalue weighted by Crippen LogP contribution is -2.59. The molecule has 36 heavy (non-hydrogen) atoms. The van der Waals surface area contributed by atoms with Crippen LogP contribution in [0.25, 0.3) is 0 Å². The lowest BCUT2D eigenvalue weighted by Gasteiger charge is -2.41. The fraction of sp³-hybridized carbons (Fsp3) is 0.320. The number of ether oxygens (including phenoxy) is 3. The van der Waals surface area contributed by atoms with Gasteiger partial charge in [-0.15, -0.1) is 0 Å². The van der Waals surface area contributed by atoms with Crippen LogP contribution in [-0.2, 0) is 9.59 Å². The number of amides is 1. The van der Waals surface area contributed by atoms with Gasteiger partial charge in [0.25, 0.3) is 5.69 Å². The number of carbonyl (C=O) groups is 3. The first-order valence-corrected chi connectivity index (χ1v) is 11.5. The molecule has 1 spiro atoms. The van der Waals surface area contributed by atoms with Crippen LogP contribution in [0.1, 0.15) is 41.6 Å². The second-order valence-electron chi connectivity index (χ2n) is 8.95. The molecule has 2 aromatic carbocycles. The minimum atomic E-state index is -1.94. The minimum Gasteiger partial charge on any atom is -0.496 e. The highest BCUT2D eigenvalue weighted by atomic mass is 35.5. The molecule has 0 fully saturated rings. The summed E-state index contributed by atoms with van der Waals surface area (Å²) in [5, 5.41) is 14.1. The molecule has 2 heterocycles. The number of carbonyl (C=O) groups excluding carboxylic acids is 3. The van der Waals surface area contributed by atoms with E-state index in [9.17, 15) is 24.5 Å². The van der Waals surface area contributed by atoms with Gasteiger partial charge in [0.2, 0.25) is 23.1 Å². The lowest BCUT2D eigenvalue weighted by molar-refractivity contribution is -0.384. The topological polar surface area (TPSA) is 134 Å². The van der Waals surface area contributed by atoms with Gasteiger partial charge in [-0.05, 0) is 12.0 Å². The van der Waals surface area contributed by atoms with E-state index in [2.05, 4.69) is 5.32 Å². The van der Waals surface area contributed by atoms with E-state index in [0.717, 1.165) is 0 Å². The van der Waals surface area contributed by atoms with Gasteiger partial charge in [0.15, 0.2) is 5.75 Å². The molecule has 1 N–H and O–H groups in total. The second-order valence-corrected chi connectivity index (χ2v) is 9.33. The maximum atomic E-state index is 14.2. The van der Waals surface area contributed by atoms with E-state index in [1.165, 1.54) is 38.5 Å². The summed E-state index contributed by atoms with van der Waals surface area (Å²) >= 11 is 6.47. The van der Waals surface area contributed by atoms with Crippen molar-refractivity contribution in [3.63, 3.8) is 0 Å². The number of hydrogen-bond donors (Lipinski definition) is 1. The first-order valence-electron chi connectivity index (χ1n) is 11.1. The average Bonchev–Trinajstić information content (AvgIpc) is 3.17. The van der Waals surface area contributed by atoms with Crippen LogP contribution in [0.4, 0.5) is 5.69 Å². The predicted octanol–water partition coefficient (Wildman–Crippen LogP) is 3.75. The number of nitro benzene ring substituents is 1. The van der Waals surface area contributed by atoms with E-state index in [1.54, 1.807) is 13.0 Å². The number of non-ortho nitro benzene ring substituents is 1. The van der Waals surface area contributed by atoms with Crippen LogP contribution in [0, 0.1) is 16.0 Å². The molecule has 1 aliphatic carbocycles. The maximum Gasteiger partial charge on any atom is 0.269 e. The van der Waals surface area contributed by atoms with Gasteiger partial charge >= 0.3 is 0 Å². The van der Waals surface area contributed by atoms with Crippen LogP contribution >= 0.6 is 11.6 Å². The van der Waals surface area contributed by atoms with E-state index in [1.807, 2.05) is 0 Å². The summed E-state index contributed by atoms with van der Waals surface area (Å²) in [6.07, 6.45) is 0.0459. The Bertz CT molecular complexity index is 1400. The third kappa shape index (κ3) is 3.21. The Morgan fingerprint density at radius 2 is 1.83 bits per heavy atom. The number of halogens is 1. The molecule has 3 atom stereocenters. The summed E-state index contributed by atoms with van der Waals surface area (Å²) in [5.41, 5.74) is -1.07. The third-order valence-electron chi connectivity index (χ3n) is 7.04. The Morgan fingerprint density at radius 3 is 2.50 bits per heavy atom. The number of nitrogens with one attached hydrogen (secondary N) is 1. The summed E-state index contributed by atoms with van der Waals surface area (Å²) < 4.78 is 16.8. The number of Topliss-reactive ketones (excluding diaryl/α,β-unsaturated/α-hetero) is 2. The van der Waals surface area contributed by atoms with Crippen molar-refractivity contribution >= 4 is 34.8 Å². The minimum absolute atomic E-state index is 0.00568. The van der Waals surface area contributed by atoms with Gasteiger partial charge in [-0.25, -0.2) is 0 Å². The maximum absolute atomic E-state index is 14.2. The summed E-state index contributed by atoms with van der Waals surface area (Å²) in [6.45, 7) is 1.69. The highest BCUT2D eigenvalue weighted by Crippen LogP contribution is 2.55. The van der Waals surface area contributed by atoms with Crippen molar-refractivity contribution in [2.45, 2.75) is 31.3 Å². The zero-order valence-corrected chi connectivity index (χ0v) is 20.3. The van der Waals surface area contributed by atoms with Gasteiger partial charge in [0, 0.05) is 47.7 Å². The van der Waals surface area contributed by atoms with Crippen LogP contribution in [0.5, 0.6) is 17.2 Å². The molecule has 5 rings (SSSR count). The molecule has 10 nitrogen and oxygen atoms in total. The average molecular weight is 513 g/mol. The summed E-state index contributed by atoms with van der Waals surface area (Å²) in [6, 6.07) is 7.24. The van der Waals surface area contributed by atoms with Gasteiger partial charge in [-0.2, -0.15) is 0 Å². The molecule has 0 aromatic heterocycles. The highest BCUT2D eigenvalue weighted by molar-refractivity contribution is 6.36. The lowest BCUT2D eigenvalue weighted by atomic mass is 9.66. The van der Waals surface area contributed by atoms with Gasteiger partial charge in [-0.3, -0.25) is 24.5 Å². The molecule has 2 aliphatic heterocycles. The number of fused-ring (bicyclic) bond motifs is 1. The molecule has 2 aromatic rings. The molecule has 0 unspecified atom stereocenters. The van der Waals surface area contributed by atoms with E-state index in [4.69, 9.17) is 25.8 Å². The predicted molar refractivity (Wildman–Crippen MR) is 127 cm³/mol. The van der Waals surface area contributed by atoms with Crippen LogP contribution in [-0.4, -0.2) is 42.2 Å². The molecule has 0 saturated heterocycles. The molecule has 0 bridgehead atoms. The zero-order valence-electron chi connectivity index (χ0n) is 19.5. The van der Waals surface area contributed by atoms with Crippen molar-refractivity contribution in [2.24, 2.45) is 5.92 Å². The molecule has 1 amide bonds. The van der Waals surface area contributed by atoms with Crippen molar-refractivity contribution in [1.29, 1.82) is 0 Å². The van der Waals surface area contributed by atoms with Crippen LogP contribution in [0.3, 0.4) is 0 Å². The fourth-order valence-electron chi connectivity index (χ4n) is 5.33. The monoisotopic (exact) mass is 512 g/mol. The van der Waals surface area contributed by atoms with Crippen molar-refractivity contribution in [3.8, 4) is 17.2 Å². The standard InChI is InChI=1S/C25H21ClN2O8/c1-11-7-15-19(14(9-18(29)27-15)12-5-4-6-13(8-12)28(32)33)23(30)25(11)24(31)20-16(34-2)10-17(35-3)21(26)22(20)36-25/h4-6,8,10-11,14H,7,9H2,1-3H3,(H,27,29)/t11-,14-,25+/m1/s1. The quantitative estimate of drug-likeness (QED) is 0.372. The van der Waals surface area contributed by atoms with E-state index in [0.29, 0.717) is 11.3 Å². The number of hydrogen-bond acceptors (Lipinski definition) is 8. The first-order chi connectivity index (χ1) is 17.1. The smallest absolute Gasteiger partial charge is 0.269 e. The van der Waals surface area contributed by atoms with Crippen LogP contribution in [0.15, 0.2) is 41.6 Å². The summed E-state index contributed by atoms with van der Waals surface area (Å²) in [5.74, 6) is -2.64. The largest absolute Gasteiger partial charge is 0.496 e. The number of allylic oxidation sites excluding steroid dienone is 1. The molecule has 0 saturated carbocycles. The Morgan fingerprint density at radius 1 is 1.11 bits per heavy atom. The third-order valence-corrected chi connectivity index (χ3v) is 7.40. The number of ketones is 2. The van der Waals surface area contributed by atoms with Crippen LogP contribution < -0.4 is 19.5 Å². The number of benzene rings is 2. The fourth-order valence-corrected chi connectivity index (χ4v) is 5.59. The molecule has 0 radical (unpaired) electrons. The molecular weight excluding hydrogens is 492 g/mol. The van der Waals surface area contributed by atoms with E-state index < -0.39 is 33.9 Å². The summed E-state index contributed by atoms with van der Waals surface area (Å²) in [4.78, 5) is 51.5. The van der Waals surface area contributed by atoms with Crippen molar-refractivity contribution in [2.75, 3.05) is 14.2 Å². The van der Waals surface area contributed by atoms with Gasteiger partial charge < -0.3 is 19.5 Å². The number of nitro groups is 1. The molecule has 3 aliphatic rings. The highest BCUT2D eigenvalue weighted by Gasteiger charge is 2.63. The Balaban J connectivity index is 1.67. The first kappa shape index (κ1) is 23.8. The summed E-state index contributed by atoms with van der Waals surface area (Å²) in [7, 11) is 2.78. The Hall–Kier alpha value is -3.92. The van der Waals surface area contributed by atoms with Crippen molar-refractivity contribution < 1.29 is 33.5 Å².